The minimum Gasteiger partial charge on any atom is -0.368 e. The van der Waals surface area contributed by atoms with Crippen LogP contribution >= 0.6 is 0 Å². The third kappa shape index (κ3) is 6.52. The molecule has 5 N–H and O–H groups in total. The molecule has 17 heavy (non-hydrogen) atoms. The molecular weight excluding hydrogens is 224 g/mol. The Morgan fingerprint density at radius 1 is 1.29 bits per heavy atom. The SMILES string of the molecule is CC(C)CN(CC(N)=O)C(=O)C(=O)NCCN. The highest BCUT2D eigenvalue weighted by molar-refractivity contribution is 6.35. The fraction of sp³-hybridized carbons (Fsp3) is 0.700. The Bertz CT molecular complexity index is 291. The summed E-state index contributed by atoms with van der Waals surface area (Å²) < 4.78 is 0. The molecule has 0 aliphatic rings. The van der Waals surface area contributed by atoms with E-state index in [0.717, 1.165) is 4.90 Å². The summed E-state index contributed by atoms with van der Waals surface area (Å²) in [6.07, 6.45) is 0. The van der Waals surface area contributed by atoms with Crippen molar-refractivity contribution >= 4 is 17.7 Å². The first-order valence-electron chi connectivity index (χ1n) is 5.44. The van der Waals surface area contributed by atoms with Crippen LogP contribution in [0.5, 0.6) is 0 Å². The molecule has 98 valence electrons. The average Bonchev–Trinajstić information content (AvgIpc) is 2.22. The minimum absolute atomic E-state index is 0.139. The lowest BCUT2D eigenvalue weighted by atomic mass is 10.2. The Hall–Kier alpha value is -1.63. The highest BCUT2D eigenvalue weighted by Gasteiger charge is 2.23. The second-order valence-corrected chi connectivity index (χ2v) is 4.09. The number of hydrogen-bond acceptors (Lipinski definition) is 4. The van der Waals surface area contributed by atoms with Crippen molar-refractivity contribution in [1.82, 2.24) is 10.2 Å². The molecule has 0 aliphatic carbocycles. The fourth-order valence-corrected chi connectivity index (χ4v) is 1.25. The van der Waals surface area contributed by atoms with Crippen LogP contribution in [0.1, 0.15) is 13.8 Å². The Kier molecular flexibility index (Phi) is 6.88. The van der Waals surface area contributed by atoms with Crippen LogP contribution in [0.4, 0.5) is 0 Å². The van der Waals surface area contributed by atoms with Gasteiger partial charge in [0.25, 0.3) is 0 Å². The van der Waals surface area contributed by atoms with Gasteiger partial charge in [-0.3, -0.25) is 14.4 Å². The van der Waals surface area contributed by atoms with Crippen molar-refractivity contribution in [2.45, 2.75) is 13.8 Å². The molecule has 0 rings (SSSR count). The summed E-state index contributed by atoms with van der Waals surface area (Å²) in [6, 6.07) is 0. The number of nitrogens with one attached hydrogen (secondary N) is 1. The summed E-state index contributed by atoms with van der Waals surface area (Å²) in [5, 5.41) is 2.35. The van der Waals surface area contributed by atoms with Gasteiger partial charge >= 0.3 is 11.8 Å². The van der Waals surface area contributed by atoms with Crippen molar-refractivity contribution in [3.8, 4) is 0 Å². The normalized spacial score (nSPS) is 10.1. The maximum absolute atomic E-state index is 11.7. The van der Waals surface area contributed by atoms with Crippen LogP contribution in [-0.4, -0.2) is 48.8 Å². The minimum atomic E-state index is -0.766. The number of hydrogen-bond donors (Lipinski definition) is 3. The maximum atomic E-state index is 11.7. The monoisotopic (exact) mass is 244 g/mol. The van der Waals surface area contributed by atoms with Crippen LogP contribution in [0.25, 0.3) is 0 Å². The van der Waals surface area contributed by atoms with Crippen LogP contribution in [0.3, 0.4) is 0 Å². The summed E-state index contributed by atoms with van der Waals surface area (Å²) >= 11 is 0. The van der Waals surface area contributed by atoms with Crippen LogP contribution in [0.15, 0.2) is 0 Å². The molecular formula is C10H20N4O3. The van der Waals surface area contributed by atoms with Gasteiger partial charge in [0.05, 0.1) is 6.54 Å². The van der Waals surface area contributed by atoms with Gasteiger partial charge < -0.3 is 21.7 Å². The predicted molar refractivity (Wildman–Crippen MR) is 62.7 cm³/mol. The van der Waals surface area contributed by atoms with Crippen molar-refractivity contribution in [1.29, 1.82) is 0 Å². The van der Waals surface area contributed by atoms with E-state index in [2.05, 4.69) is 5.32 Å². The molecule has 3 amide bonds. The van der Waals surface area contributed by atoms with Crippen molar-refractivity contribution in [3.63, 3.8) is 0 Å². The molecule has 0 fully saturated rings. The highest BCUT2D eigenvalue weighted by atomic mass is 16.2. The summed E-state index contributed by atoms with van der Waals surface area (Å²) in [5.41, 5.74) is 10.2. The molecule has 0 unspecified atom stereocenters. The van der Waals surface area contributed by atoms with Gasteiger partial charge in [0.1, 0.15) is 0 Å². The molecule has 0 bridgehead atoms. The molecule has 0 aromatic rings. The molecule has 0 aromatic heterocycles. The Morgan fingerprint density at radius 2 is 1.88 bits per heavy atom. The van der Waals surface area contributed by atoms with Crippen LogP contribution < -0.4 is 16.8 Å². The third-order valence-electron chi connectivity index (χ3n) is 1.84. The van der Waals surface area contributed by atoms with E-state index < -0.39 is 17.7 Å². The van der Waals surface area contributed by atoms with Gasteiger partial charge in [0.2, 0.25) is 5.91 Å². The zero-order valence-electron chi connectivity index (χ0n) is 10.2. The quantitative estimate of drug-likeness (QED) is 0.470. The largest absolute Gasteiger partial charge is 0.368 e. The van der Waals surface area contributed by atoms with Gasteiger partial charge in [0, 0.05) is 19.6 Å². The smallest absolute Gasteiger partial charge is 0.312 e. The summed E-state index contributed by atoms with van der Waals surface area (Å²) in [7, 11) is 0. The number of carbonyl (C=O) groups excluding carboxylic acids is 3. The topological polar surface area (TPSA) is 119 Å². The van der Waals surface area contributed by atoms with Crippen LogP contribution in [-0.2, 0) is 14.4 Å². The van der Waals surface area contributed by atoms with Crippen LogP contribution in [0, 0.1) is 5.92 Å². The zero-order valence-corrected chi connectivity index (χ0v) is 10.2. The summed E-state index contributed by atoms with van der Waals surface area (Å²) in [4.78, 5) is 35.0. The average molecular weight is 244 g/mol. The number of primary amides is 1. The lowest BCUT2D eigenvalue weighted by Gasteiger charge is -2.22. The first-order chi connectivity index (χ1) is 7.88. The molecule has 0 heterocycles. The third-order valence-corrected chi connectivity index (χ3v) is 1.84. The first kappa shape index (κ1) is 15.4. The molecule has 0 saturated heterocycles. The van der Waals surface area contributed by atoms with Crippen molar-refractivity contribution < 1.29 is 14.4 Å². The summed E-state index contributed by atoms with van der Waals surface area (Å²) in [6.45, 7) is 4.26. The maximum Gasteiger partial charge on any atom is 0.312 e. The van der Waals surface area contributed by atoms with Crippen molar-refractivity contribution in [2.24, 2.45) is 17.4 Å². The van der Waals surface area contributed by atoms with E-state index in [1.807, 2.05) is 13.8 Å². The molecule has 0 saturated carbocycles. The molecule has 0 aliphatic heterocycles. The van der Waals surface area contributed by atoms with Gasteiger partial charge in [-0.15, -0.1) is 0 Å². The molecule has 7 heteroatoms. The number of rotatable bonds is 6. The molecule has 7 nitrogen and oxygen atoms in total. The van der Waals surface area contributed by atoms with E-state index in [9.17, 15) is 14.4 Å². The van der Waals surface area contributed by atoms with Gasteiger partial charge in [-0.25, -0.2) is 0 Å². The van der Waals surface area contributed by atoms with E-state index >= 15 is 0 Å². The van der Waals surface area contributed by atoms with E-state index in [0.29, 0.717) is 6.54 Å². The highest BCUT2D eigenvalue weighted by Crippen LogP contribution is 1.99. The van der Waals surface area contributed by atoms with E-state index in [4.69, 9.17) is 11.5 Å². The Balaban J connectivity index is 4.50. The first-order valence-corrected chi connectivity index (χ1v) is 5.44. The lowest BCUT2D eigenvalue weighted by Crippen LogP contribution is -2.48. The second kappa shape index (κ2) is 7.61. The Labute approximate surface area is 100 Å². The van der Waals surface area contributed by atoms with E-state index in [1.54, 1.807) is 0 Å². The molecule has 0 radical (unpaired) electrons. The zero-order chi connectivity index (χ0) is 13.4. The van der Waals surface area contributed by atoms with E-state index in [-0.39, 0.29) is 25.6 Å². The number of nitrogens with two attached hydrogens (primary N) is 2. The molecule has 0 atom stereocenters. The lowest BCUT2D eigenvalue weighted by molar-refractivity contribution is -0.147. The molecule has 0 spiro atoms. The van der Waals surface area contributed by atoms with E-state index in [1.165, 1.54) is 0 Å². The van der Waals surface area contributed by atoms with Gasteiger partial charge in [-0.1, -0.05) is 13.8 Å². The Morgan fingerprint density at radius 3 is 2.29 bits per heavy atom. The summed E-state index contributed by atoms with van der Waals surface area (Å²) in [5.74, 6) is -2.03. The van der Waals surface area contributed by atoms with Gasteiger partial charge in [-0.05, 0) is 5.92 Å². The number of nitrogens with zero attached hydrogens (tertiary/aromatic N) is 1. The van der Waals surface area contributed by atoms with Gasteiger partial charge in [-0.2, -0.15) is 0 Å². The van der Waals surface area contributed by atoms with Crippen LogP contribution in [0.2, 0.25) is 0 Å². The second-order valence-electron chi connectivity index (χ2n) is 4.09. The van der Waals surface area contributed by atoms with Crippen molar-refractivity contribution in [3.05, 3.63) is 0 Å². The number of amides is 3. The standard InChI is InChI=1S/C10H20N4O3/c1-7(2)5-14(6-8(12)15)10(17)9(16)13-4-3-11/h7H,3-6,11H2,1-2H3,(H2,12,15)(H,13,16). The van der Waals surface area contributed by atoms with Crippen molar-refractivity contribution in [2.75, 3.05) is 26.2 Å². The van der Waals surface area contributed by atoms with Gasteiger partial charge in [0.15, 0.2) is 0 Å². The number of carbonyl (C=O) groups is 3. The fourth-order valence-electron chi connectivity index (χ4n) is 1.25. The predicted octanol–water partition coefficient (Wildman–Crippen LogP) is -1.97. The molecule has 0 aromatic carbocycles.